The average molecular weight is 363 g/mol. The molecular formula is C19H29N3O4. The van der Waals surface area contributed by atoms with Gasteiger partial charge in [0.2, 0.25) is 11.8 Å². The second-order valence-electron chi connectivity index (χ2n) is 6.41. The minimum Gasteiger partial charge on any atom is -0.480 e. The van der Waals surface area contributed by atoms with Crippen molar-refractivity contribution in [3.8, 4) is 0 Å². The average Bonchev–Trinajstić information content (AvgIpc) is 2.63. The Morgan fingerprint density at radius 2 is 1.77 bits per heavy atom. The molecule has 1 aromatic carbocycles. The van der Waals surface area contributed by atoms with Gasteiger partial charge in [0.1, 0.15) is 6.04 Å². The minimum absolute atomic E-state index is 0.00165. The zero-order valence-electron chi connectivity index (χ0n) is 15.5. The molecule has 1 rings (SSSR count). The van der Waals surface area contributed by atoms with E-state index in [2.05, 4.69) is 29.7 Å². The largest absolute Gasteiger partial charge is 0.480 e. The summed E-state index contributed by atoms with van der Waals surface area (Å²) in [5, 5.41) is 13.8. The van der Waals surface area contributed by atoms with Crippen molar-refractivity contribution in [3.63, 3.8) is 0 Å². The summed E-state index contributed by atoms with van der Waals surface area (Å²) >= 11 is 0. The highest BCUT2D eigenvalue weighted by Gasteiger charge is 2.17. The molecule has 0 aliphatic heterocycles. The van der Waals surface area contributed by atoms with Crippen molar-refractivity contribution < 1.29 is 19.5 Å². The van der Waals surface area contributed by atoms with Crippen LogP contribution in [0.2, 0.25) is 0 Å². The molecule has 1 aromatic rings. The Kier molecular flexibility index (Phi) is 9.36. The zero-order chi connectivity index (χ0) is 19.5. The number of aryl methyl sites for hydroxylation is 1. The van der Waals surface area contributed by atoms with E-state index in [-0.39, 0.29) is 18.7 Å². The first-order valence-corrected chi connectivity index (χ1v) is 8.96. The molecule has 0 aliphatic carbocycles. The number of carbonyl (C=O) groups is 3. The van der Waals surface area contributed by atoms with Crippen LogP contribution in [-0.4, -0.2) is 35.0 Å². The van der Waals surface area contributed by atoms with Gasteiger partial charge in [-0.2, -0.15) is 0 Å². The number of hydrogen-bond acceptors (Lipinski definition) is 4. The van der Waals surface area contributed by atoms with Crippen molar-refractivity contribution in [2.45, 2.75) is 64.6 Å². The number of nitrogens with one attached hydrogen (secondary N) is 2. The normalized spacial score (nSPS) is 12.9. The predicted molar refractivity (Wildman–Crippen MR) is 99.4 cm³/mol. The number of rotatable bonds is 11. The first kappa shape index (κ1) is 21.6. The third-order valence-electron chi connectivity index (χ3n) is 4.08. The molecule has 0 aliphatic rings. The number of nitrogens with two attached hydrogens (primary N) is 1. The van der Waals surface area contributed by atoms with Crippen molar-refractivity contribution in [2.75, 3.05) is 0 Å². The first-order chi connectivity index (χ1) is 12.3. The Hall–Kier alpha value is -2.41. The van der Waals surface area contributed by atoms with Crippen LogP contribution in [0.5, 0.6) is 0 Å². The van der Waals surface area contributed by atoms with Gasteiger partial charge in [0, 0.05) is 13.0 Å². The van der Waals surface area contributed by atoms with Gasteiger partial charge < -0.3 is 21.5 Å². The molecule has 2 amide bonds. The van der Waals surface area contributed by atoms with Crippen molar-refractivity contribution in [1.82, 2.24) is 10.6 Å². The van der Waals surface area contributed by atoms with Crippen LogP contribution in [0.15, 0.2) is 24.3 Å². The van der Waals surface area contributed by atoms with Crippen LogP contribution < -0.4 is 16.4 Å². The molecule has 26 heavy (non-hydrogen) atoms. The maximum absolute atomic E-state index is 12.0. The van der Waals surface area contributed by atoms with E-state index in [1.165, 1.54) is 12.5 Å². The number of benzene rings is 1. The van der Waals surface area contributed by atoms with E-state index >= 15 is 0 Å². The quantitative estimate of drug-likeness (QED) is 0.473. The van der Waals surface area contributed by atoms with Gasteiger partial charge in [-0.3, -0.25) is 14.4 Å². The van der Waals surface area contributed by atoms with E-state index in [1.54, 1.807) is 0 Å². The third kappa shape index (κ3) is 8.11. The summed E-state index contributed by atoms with van der Waals surface area (Å²) < 4.78 is 0. The van der Waals surface area contributed by atoms with Crippen LogP contribution in [0.1, 0.15) is 50.7 Å². The summed E-state index contributed by atoms with van der Waals surface area (Å²) in [5.41, 5.74) is 8.05. The van der Waals surface area contributed by atoms with E-state index in [0.717, 1.165) is 24.8 Å². The maximum Gasteiger partial charge on any atom is 0.325 e. The molecule has 144 valence electrons. The van der Waals surface area contributed by atoms with Gasteiger partial charge in [0.05, 0.1) is 6.04 Å². The molecule has 0 aromatic heterocycles. The van der Waals surface area contributed by atoms with E-state index in [0.29, 0.717) is 6.54 Å². The highest BCUT2D eigenvalue weighted by molar-refractivity contribution is 5.85. The lowest BCUT2D eigenvalue weighted by Crippen LogP contribution is -2.42. The van der Waals surface area contributed by atoms with Crippen LogP contribution >= 0.6 is 0 Å². The van der Waals surface area contributed by atoms with Crippen molar-refractivity contribution in [1.29, 1.82) is 0 Å². The molecule has 7 nitrogen and oxygen atoms in total. The Balaban J connectivity index is 2.33. The molecule has 2 atom stereocenters. The molecule has 7 heteroatoms. The second kappa shape index (κ2) is 11.3. The van der Waals surface area contributed by atoms with Crippen LogP contribution in [-0.2, 0) is 27.3 Å². The van der Waals surface area contributed by atoms with E-state index in [9.17, 15) is 14.4 Å². The Bertz CT molecular complexity index is 601. The summed E-state index contributed by atoms with van der Waals surface area (Å²) in [5.74, 6) is -1.88. The summed E-state index contributed by atoms with van der Waals surface area (Å²) in [4.78, 5) is 34.3. The molecule has 0 saturated carbocycles. The summed E-state index contributed by atoms with van der Waals surface area (Å²) in [7, 11) is 0. The molecule has 5 N–H and O–H groups in total. The van der Waals surface area contributed by atoms with Gasteiger partial charge in [0.25, 0.3) is 0 Å². The fourth-order valence-corrected chi connectivity index (χ4v) is 2.32. The van der Waals surface area contributed by atoms with Crippen LogP contribution in [0.4, 0.5) is 0 Å². The fourth-order valence-electron chi connectivity index (χ4n) is 2.32. The molecule has 0 spiro atoms. The standard InChI is InChI=1S/C19H29N3O4/c1-3-4-5-14-6-8-15(9-7-14)12-21-18(24)16(20)10-11-17(23)22-13(2)19(25)26/h6-9,13,16H,3-5,10-12,20H2,1-2H3,(H,21,24)(H,22,23)(H,25,26)/t13-,16+/m1/s1. The lowest BCUT2D eigenvalue weighted by molar-refractivity contribution is -0.141. The maximum atomic E-state index is 12.0. The van der Waals surface area contributed by atoms with Crippen LogP contribution in [0, 0.1) is 0 Å². The fraction of sp³-hybridized carbons (Fsp3) is 0.526. The molecular weight excluding hydrogens is 334 g/mol. The number of carboxylic acid groups (broad SMARTS) is 1. The lowest BCUT2D eigenvalue weighted by Gasteiger charge is -2.13. The van der Waals surface area contributed by atoms with Gasteiger partial charge in [-0.05, 0) is 37.3 Å². The highest BCUT2D eigenvalue weighted by Crippen LogP contribution is 2.08. The number of unbranched alkanes of at least 4 members (excludes halogenated alkanes) is 1. The topological polar surface area (TPSA) is 122 Å². The van der Waals surface area contributed by atoms with Crippen LogP contribution in [0.3, 0.4) is 0 Å². The Morgan fingerprint density at radius 1 is 1.15 bits per heavy atom. The van der Waals surface area contributed by atoms with Gasteiger partial charge >= 0.3 is 5.97 Å². The zero-order valence-corrected chi connectivity index (χ0v) is 15.5. The molecule has 0 heterocycles. The summed E-state index contributed by atoms with van der Waals surface area (Å²) in [6.07, 6.45) is 3.52. The second-order valence-corrected chi connectivity index (χ2v) is 6.41. The van der Waals surface area contributed by atoms with Crippen molar-refractivity contribution in [2.24, 2.45) is 5.73 Å². The molecule has 0 fully saturated rings. The Labute approximate surface area is 154 Å². The predicted octanol–water partition coefficient (Wildman–Crippen LogP) is 1.34. The number of carbonyl (C=O) groups excluding carboxylic acids is 2. The smallest absolute Gasteiger partial charge is 0.325 e. The van der Waals surface area contributed by atoms with E-state index < -0.39 is 24.0 Å². The molecule has 0 unspecified atom stereocenters. The minimum atomic E-state index is -1.11. The van der Waals surface area contributed by atoms with E-state index in [1.807, 2.05) is 12.1 Å². The van der Waals surface area contributed by atoms with Gasteiger partial charge in [-0.25, -0.2) is 0 Å². The first-order valence-electron chi connectivity index (χ1n) is 8.96. The molecule has 0 radical (unpaired) electrons. The Morgan fingerprint density at radius 3 is 2.35 bits per heavy atom. The molecule has 0 saturated heterocycles. The third-order valence-corrected chi connectivity index (χ3v) is 4.08. The van der Waals surface area contributed by atoms with Gasteiger partial charge in [-0.1, -0.05) is 37.6 Å². The lowest BCUT2D eigenvalue weighted by atomic mass is 10.1. The van der Waals surface area contributed by atoms with Crippen LogP contribution in [0.25, 0.3) is 0 Å². The number of carboxylic acids is 1. The highest BCUT2D eigenvalue weighted by atomic mass is 16.4. The molecule has 0 bridgehead atoms. The van der Waals surface area contributed by atoms with Gasteiger partial charge in [0.15, 0.2) is 0 Å². The SMILES string of the molecule is CCCCc1ccc(CNC(=O)[C@@H](N)CCC(=O)N[C@H](C)C(=O)O)cc1. The number of aliphatic carboxylic acids is 1. The summed E-state index contributed by atoms with van der Waals surface area (Å²) in [6.45, 7) is 3.91. The monoisotopic (exact) mass is 363 g/mol. The number of amides is 2. The number of hydrogen-bond donors (Lipinski definition) is 4. The van der Waals surface area contributed by atoms with Crippen molar-refractivity contribution >= 4 is 17.8 Å². The van der Waals surface area contributed by atoms with Crippen molar-refractivity contribution in [3.05, 3.63) is 35.4 Å². The van der Waals surface area contributed by atoms with E-state index in [4.69, 9.17) is 10.8 Å². The van der Waals surface area contributed by atoms with Gasteiger partial charge in [-0.15, -0.1) is 0 Å². The summed E-state index contributed by atoms with van der Waals surface area (Å²) in [6, 6.07) is 6.31.